The fourth-order valence-corrected chi connectivity index (χ4v) is 2.65. The van der Waals surface area contributed by atoms with Crippen molar-refractivity contribution in [2.75, 3.05) is 11.6 Å². The standard InChI is InChI=1S/C18H14Cl2N2O3/c1-2-25-13-6-3-11(4-7-13)9-14-17(23)21-22(18(14)24)12-5-8-15(19)16(20)10-12/h3-10H,2H2,1H3,(H,21,23)/b14-9-. The van der Waals surface area contributed by atoms with Gasteiger partial charge in [-0.1, -0.05) is 35.3 Å². The lowest BCUT2D eigenvalue weighted by Gasteiger charge is -2.15. The van der Waals surface area contributed by atoms with Gasteiger partial charge in [-0.25, -0.2) is 5.01 Å². The molecule has 1 aliphatic heterocycles. The SMILES string of the molecule is CCOc1ccc(/C=C2/C(=O)NN(c3ccc(Cl)c(Cl)c3)C2=O)cc1. The number of carbonyl (C=O) groups is 2. The monoisotopic (exact) mass is 376 g/mol. The Bertz CT molecular complexity index is 863. The molecule has 2 amide bonds. The quantitative estimate of drug-likeness (QED) is 0.651. The van der Waals surface area contributed by atoms with E-state index in [9.17, 15) is 9.59 Å². The van der Waals surface area contributed by atoms with E-state index in [0.717, 1.165) is 16.3 Å². The number of rotatable bonds is 4. The number of halogens is 2. The second kappa shape index (κ2) is 7.17. The molecular weight excluding hydrogens is 363 g/mol. The first kappa shape index (κ1) is 17.3. The lowest BCUT2D eigenvalue weighted by Crippen LogP contribution is -2.35. The smallest absolute Gasteiger partial charge is 0.282 e. The first-order chi connectivity index (χ1) is 12.0. The number of hydrogen-bond acceptors (Lipinski definition) is 3. The second-order valence-electron chi connectivity index (χ2n) is 5.24. The summed E-state index contributed by atoms with van der Waals surface area (Å²) in [7, 11) is 0. The van der Waals surface area contributed by atoms with Crippen molar-refractivity contribution in [3.8, 4) is 5.75 Å². The molecule has 0 spiro atoms. The van der Waals surface area contributed by atoms with Crippen LogP contribution in [-0.2, 0) is 9.59 Å². The summed E-state index contributed by atoms with van der Waals surface area (Å²) in [5.74, 6) is -0.216. The molecule has 128 valence electrons. The van der Waals surface area contributed by atoms with E-state index in [-0.39, 0.29) is 5.57 Å². The van der Waals surface area contributed by atoms with Crippen LogP contribution >= 0.6 is 23.2 Å². The van der Waals surface area contributed by atoms with Gasteiger partial charge in [-0.15, -0.1) is 0 Å². The van der Waals surface area contributed by atoms with E-state index in [1.807, 2.05) is 6.92 Å². The predicted octanol–water partition coefficient (Wildman–Crippen LogP) is 3.85. The first-order valence-electron chi connectivity index (χ1n) is 7.54. The molecule has 3 rings (SSSR count). The number of anilines is 1. The van der Waals surface area contributed by atoms with Crippen molar-refractivity contribution < 1.29 is 14.3 Å². The maximum absolute atomic E-state index is 12.6. The minimum Gasteiger partial charge on any atom is -0.494 e. The van der Waals surface area contributed by atoms with Gasteiger partial charge in [-0.05, 0) is 48.9 Å². The molecule has 0 aromatic heterocycles. The van der Waals surface area contributed by atoms with E-state index in [2.05, 4.69) is 5.43 Å². The topological polar surface area (TPSA) is 58.6 Å². The van der Waals surface area contributed by atoms with Gasteiger partial charge in [0.15, 0.2) is 0 Å². The zero-order valence-corrected chi connectivity index (χ0v) is 14.8. The Kier molecular flexibility index (Phi) is 4.97. The maximum Gasteiger partial charge on any atom is 0.282 e. The third-order valence-electron chi connectivity index (χ3n) is 3.55. The second-order valence-corrected chi connectivity index (χ2v) is 6.05. The number of nitrogens with zero attached hydrogens (tertiary/aromatic N) is 1. The number of ether oxygens (including phenoxy) is 1. The Morgan fingerprint density at radius 2 is 1.80 bits per heavy atom. The van der Waals surface area contributed by atoms with Crippen LogP contribution in [0.2, 0.25) is 10.0 Å². The number of amides is 2. The number of benzene rings is 2. The predicted molar refractivity (Wildman–Crippen MR) is 97.7 cm³/mol. The van der Waals surface area contributed by atoms with Crippen LogP contribution < -0.4 is 15.2 Å². The Balaban J connectivity index is 1.86. The first-order valence-corrected chi connectivity index (χ1v) is 8.30. The van der Waals surface area contributed by atoms with E-state index in [1.165, 1.54) is 12.1 Å². The highest BCUT2D eigenvalue weighted by molar-refractivity contribution is 6.42. The van der Waals surface area contributed by atoms with Crippen LogP contribution in [0.4, 0.5) is 5.69 Å². The van der Waals surface area contributed by atoms with E-state index in [1.54, 1.807) is 36.4 Å². The molecule has 0 atom stereocenters. The summed E-state index contributed by atoms with van der Waals surface area (Å²) >= 11 is 11.9. The van der Waals surface area contributed by atoms with Gasteiger partial charge in [0.1, 0.15) is 11.3 Å². The van der Waals surface area contributed by atoms with Gasteiger partial charge >= 0.3 is 0 Å². The molecule has 0 bridgehead atoms. The van der Waals surface area contributed by atoms with Gasteiger partial charge in [-0.2, -0.15) is 0 Å². The zero-order chi connectivity index (χ0) is 18.0. The molecule has 0 unspecified atom stereocenters. The average molecular weight is 377 g/mol. The van der Waals surface area contributed by atoms with Crippen molar-refractivity contribution in [1.29, 1.82) is 0 Å². The van der Waals surface area contributed by atoms with E-state index < -0.39 is 11.8 Å². The normalized spacial score (nSPS) is 15.6. The van der Waals surface area contributed by atoms with Crippen LogP contribution in [0.15, 0.2) is 48.0 Å². The molecule has 5 nitrogen and oxygen atoms in total. The van der Waals surface area contributed by atoms with Crippen LogP contribution in [0.1, 0.15) is 12.5 Å². The lowest BCUT2D eigenvalue weighted by atomic mass is 10.1. The summed E-state index contributed by atoms with van der Waals surface area (Å²) in [6.45, 7) is 2.47. The zero-order valence-electron chi connectivity index (χ0n) is 13.3. The summed E-state index contributed by atoms with van der Waals surface area (Å²) in [6, 6.07) is 11.8. The largest absolute Gasteiger partial charge is 0.494 e. The molecule has 2 aromatic carbocycles. The lowest BCUT2D eigenvalue weighted by molar-refractivity contribution is -0.117. The van der Waals surface area contributed by atoms with E-state index in [4.69, 9.17) is 27.9 Å². The minimum absolute atomic E-state index is 0.0373. The van der Waals surface area contributed by atoms with Crippen LogP contribution in [-0.4, -0.2) is 18.4 Å². The number of carbonyl (C=O) groups excluding carboxylic acids is 2. The Morgan fingerprint density at radius 3 is 2.44 bits per heavy atom. The summed E-state index contributed by atoms with van der Waals surface area (Å²) in [6.07, 6.45) is 1.53. The highest BCUT2D eigenvalue weighted by Crippen LogP contribution is 2.29. The van der Waals surface area contributed by atoms with Crippen molar-refractivity contribution in [2.24, 2.45) is 0 Å². The Morgan fingerprint density at radius 1 is 1.08 bits per heavy atom. The number of hydrazine groups is 1. The van der Waals surface area contributed by atoms with Crippen LogP contribution in [0, 0.1) is 0 Å². The number of nitrogens with one attached hydrogen (secondary N) is 1. The van der Waals surface area contributed by atoms with Gasteiger partial charge < -0.3 is 4.74 Å². The fourth-order valence-electron chi connectivity index (χ4n) is 2.36. The molecule has 2 aromatic rings. The van der Waals surface area contributed by atoms with Crippen molar-refractivity contribution in [1.82, 2.24) is 5.43 Å². The van der Waals surface area contributed by atoms with E-state index >= 15 is 0 Å². The molecule has 0 saturated carbocycles. The summed E-state index contributed by atoms with van der Waals surface area (Å²) in [5.41, 5.74) is 3.71. The number of hydrogen-bond donors (Lipinski definition) is 1. The Labute approximate surface area is 154 Å². The van der Waals surface area contributed by atoms with Crippen LogP contribution in [0.3, 0.4) is 0 Å². The van der Waals surface area contributed by atoms with Crippen molar-refractivity contribution in [2.45, 2.75) is 6.92 Å². The van der Waals surface area contributed by atoms with Gasteiger partial charge in [-0.3, -0.25) is 15.0 Å². The molecule has 25 heavy (non-hydrogen) atoms. The van der Waals surface area contributed by atoms with Gasteiger partial charge in [0, 0.05) is 0 Å². The minimum atomic E-state index is -0.482. The molecule has 7 heteroatoms. The fraction of sp³-hybridized carbons (Fsp3) is 0.111. The molecule has 0 aliphatic carbocycles. The summed E-state index contributed by atoms with van der Waals surface area (Å²) in [5, 5.41) is 1.81. The Hall–Kier alpha value is -2.50. The molecule has 1 aliphatic rings. The third kappa shape index (κ3) is 3.62. The van der Waals surface area contributed by atoms with Crippen molar-refractivity contribution in [3.63, 3.8) is 0 Å². The maximum atomic E-state index is 12.6. The summed E-state index contributed by atoms with van der Waals surface area (Å²) < 4.78 is 5.37. The summed E-state index contributed by atoms with van der Waals surface area (Å²) in [4.78, 5) is 24.7. The molecule has 1 fully saturated rings. The van der Waals surface area contributed by atoms with E-state index in [0.29, 0.717) is 22.3 Å². The molecule has 0 radical (unpaired) electrons. The molecule has 1 saturated heterocycles. The van der Waals surface area contributed by atoms with Crippen molar-refractivity contribution in [3.05, 3.63) is 63.6 Å². The highest BCUT2D eigenvalue weighted by atomic mass is 35.5. The molecule has 1 heterocycles. The average Bonchev–Trinajstić information content (AvgIpc) is 2.87. The molecular formula is C18H14Cl2N2O3. The highest BCUT2D eigenvalue weighted by Gasteiger charge is 2.34. The molecule has 1 N–H and O–H groups in total. The van der Waals surface area contributed by atoms with Gasteiger partial charge in [0.2, 0.25) is 0 Å². The van der Waals surface area contributed by atoms with Gasteiger partial charge in [0.25, 0.3) is 11.8 Å². The van der Waals surface area contributed by atoms with Crippen molar-refractivity contribution >= 4 is 46.8 Å². The van der Waals surface area contributed by atoms with Gasteiger partial charge in [0.05, 0.1) is 22.3 Å². The van der Waals surface area contributed by atoms with Crippen LogP contribution in [0.5, 0.6) is 5.75 Å². The third-order valence-corrected chi connectivity index (χ3v) is 4.29. The van der Waals surface area contributed by atoms with Crippen LogP contribution in [0.25, 0.3) is 6.08 Å².